The van der Waals surface area contributed by atoms with Crippen molar-refractivity contribution in [1.82, 2.24) is 0 Å². The molecule has 0 amide bonds. The van der Waals surface area contributed by atoms with Gasteiger partial charge in [0.1, 0.15) is 0 Å². The topological polar surface area (TPSA) is 80.6 Å². The number of carbonyl (C=O) groups excluding carboxylic acids is 1. The van der Waals surface area contributed by atoms with E-state index in [1.807, 2.05) is 0 Å². The number of aliphatic hydroxyl groups is 2. The van der Waals surface area contributed by atoms with E-state index in [0.717, 1.165) is 32.1 Å². The molecule has 0 aromatic carbocycles. The zero-order chi connectivity index (χ0) is 21.1. The molecule has 0 aromatic rings. The first-order chi connectivity index (χ1) is 13.6. The van der Waals surface area contributed by atoms with Crippen LogP contribution in [0.1, 0.15) is 85.5 Å². The first-order valence-electron chi connectivity index (χ1n) is 12.1. The van der Waals surface area contributed by atoms with Gasteiger partial charge in [0, 0.05) is 5.97 Å². The molecule has 2 N–H and O–H groups in total. The Labute approximate surface area is 204 Å². The Morgan fingerprint density at radius 3 is 2.30 bits per heavy atom. The number of aliphatic carboxylic acids is 1. The molecule has 0 aliphatic heterocycles. The normalized spacial score (nSPS) is 49.7. The summed E-state index contributed by atoms with van der Waals surface area (Å²) in [4.78, 5) is 11.3. The summed E-state index contributed by atoms with van der Waals surface area (Å²) in [6, 6.07) is 0. The van der Waals surface area contributed by atoms with E-state index in [0.29, 0.717) is 41.9 Å². The summed E-state index contributed by atoms with van der Waals surface area (Å²) < 4.78 is 0. The molecule has 4 nitrogen and oxygen atoms in total. The van der Waals surface area contributed by atoms with Gasteiger partial charge in [-0.1, -0.05) is 27.7 Å². The van der Waals surface area contributed by atoms with Crippen molar-refractivity contribution in [3.8, 4) is 0 Å². The molecule has 4 aliphatic rings. The average molecular weight is 429 g/mol. The molecule has 0 bridgehead atoms. The molecular weight excluding hydrogens is 387 g/mol. The summed E-state index contributed by atoms with van der Waals surface area (Å²) in [6.07, 6.45) is 8.70. The van der Waals surface area contributed by atoms with Crippen LogP contribution in [0.2, 0.25) is 0 Å². The molecule has 4 aliphatic carbocycles. The summed E-state index contributed by atoms with van der Waals surface area (Å²) >= 11 is 0. The van der Waals surface area contributed by atoms with Crippen LogP contribution in [0.15, 0.2) is 0 Å². The fourth-order valence-corrected chi connectivity index (χ4v) is 8.99. The first-order valence-corrected chi connectivity index (χ1v) is 12.1. The number of carboxylic acids is 1. The maximum atomic E-state index is 11.3. The fraction of sp³-hybridized carbons (Fsp3) is 0.960. The monoisotopic (exact) mass is 428 g/mol. The Bertz CT molecular complexity index is 641. The SMILES string of the molecule is CC(C[C@@H](C)[C@H]1CC[C@H]2[C@@H]3[C@@H](O)C[C@@H]4C[C@H](O)CC[C@]4(C)[C@H]3CC[C@]12C)C(=O)[O-].[Na+]. The van der Waals surface area contributed by atoms with Gasteiger partial charge in [-0.2, -0.15) is 0 Å². The van der Waals surface area contributed by atoms with Gasteiger partial charge in [0.25, 0.3) is 0 Å². The van der Waals surface area contributed by atoms with Crippen LogP contribution in [0.3, 0.4) is 0 Å². The first kappa shape index (κ1) is 25.0. The van der Waals surface area contributed by atoms with E-state index >= 15 is 0 Å². The molecule has 30 heavy (non-hydrogen) atoms. The van der Waals surface area contributed by atoms with Crippen molar-refractivity contribution in [2.45, 2.75) is 97.7 Å². The Hall–Kier alpha value is 0.390. The largest absolute Gasteiger partial charge is 1.00 e. The molecule has 0 heterocycles. The van der Waals surface area contributed by atoms with Crippen molar-refractivity contribution in [3.05, 3.63) is 0 Å². The Kier molecular flexibility index (Phi) is 7.48. The molecule has 4 saturated carbocycles. The van der Waals surface area contributed by atoms with Crippen molar-refractivity contribution in [2.75, 3.05) is 0 Å². The van der Waals surface area contributed by atoms with Crippen LogP contribution >= 0.6 is 0 Å². The van der Waals surface area contributed by atoms with Gasteiger partial charge in [-0.3, -0.25) is 0 Å². The van der Waals surface area contributed by atoms with Crippen LogP contribution in [0.4, 0.5) is 0 Å². The van der Waals surface area contributed by atoms with E-state index in [1.165, 1.54) is 19.3 Å². The second kappa shape index (κ2) is 8.97. The summed E-state index contributed by atoms with van der Waals surface area (Å²) in [5.74, 6) is 1.54. The summed E-state index contributed by atoms with van der Waals surface area (Å²) in [6.45, 7) is 8.91. The van der Waals surface area contributed by atoms with Gasteiger partial charge in [-0.15, -0.1) is 0 Å². The molecule has 4 fully saturated rings. The zero-order valence-corrected chi connectivity index (χ0v) is 21.8. The third-order valence-corrected chi connectivity index (χ3v) is 10.5. The Morgan fingerprint density at radius 2 is 1.63 bits per heavy atom. The maximum Gasteiger partial charge on any atom is 1.00 e. The maximum absolute atomic E-state index is 11.3. The van der Waals surface area contributed by atoms with E-state index < -0.39 is 11.9 Å². The third-order valence-electron chi connectivity index (χ3n) is 10.5. The molecule has 0 radical (unpaired) electrons. The number of hydrogen-bond acceptors (Lipinski definition) is 4. The number of carboxylic acid groups (broad SMARTS) is 1. The molecule has 4 rings (SSSR count). The molecule has 0 spiro atoms. The number of hydrogen-bond donors (Lipinski definition) is 2. The van der Waals surface area contributed by atoms with Crippen molar-refractivity contribution < 1.29 is 49.7 Å². The van der Waals surface area contributed by atoms with Crippen molar-refractivity contribution >= 4 is 5.97 Å². The van der Waals surface area contributed by atoms with E-state index in [1.54, 1.807) is 6.92 Å². The minimum atomic E-state index is -0.929. The molecule has 11 atom stereocenters. The van der Waals surface area contributed by atoms with Crippen LogP contribution in [0, 0.1) is 52.3 Å². The number of fused-ring (bicyclic) bond motifs is 5. The van der Waals surface area contributed by atoms with Gasteiger partial charge in [0.2, 0.25) is 0 Å². The molecule has 1 unspecified atom stereocenters. The predicted octanol–water partition coefficient (Wildman–Crippen LogP) is 0.393. The van der Waals surface area contributed by atoms with Gasteiger partial charge in [-0.05, 0) is 110 Å². The molecule has 5 heteroatoms. The van der Waals surface area contributed by atoms with Crippen molar-refractivity contribution in [2.24, 2.45) is 52.3 Å². The molecule has 0 saturated heterocycles. The van der Waals surface area contributed by atoms with Gasteiger partial charge in [-0.25, -0.2) is 0 Å². The second-order valence-corrected chi connectivity index (χ2v) is 11.9. The fourth-order valence-electron chi connectivity index (χ4n) is 8.99. The minimum absolute atomic E-state index is 0. The van der Waals surface area contributed by atoms with Crippen LogP contribution < -0.4 is 34.7 Å². The van der Waals surface area contributed by atoms with Gasteiger partial charge in [0.15, 0.2) is 0 Å². The smallest absolute Gasteiger partial charge is 0.550 e. The average Bonchev–Trinajstić information content (AvgIpc) is 3.00. The number of rotatable bonds is 4. The summed E-state index contributed by atoms with van der Waals surface area (Å²) in [5, 5.41) is 32.8. The van der Waals surface area contributed by atoms with Crippen LogP contribution in [-0.4, -0.2) is 28.4 Å². The van der Waals surface area contributed by atoms with E-state index in [2.05, 4.69) is 20.8 Å². The Balaban J connectivity index is 0.00000256. The summed E-state index contributed by atoms with van der Waals surface area (Å²) in [7, 11) is 0. The van der Waals surface area contributed by atoms with E-state index in [9.17, 15) is 20.1 Å². The second-order valence-electron chi connectivity index (χ2n) is 11.9. The summed E-state index contributed by atoms with van der Waals surface area (Å²) in [5.41, 5.74) is 0.474. The molecule has 0 aromatic heterocycles. The van der Waals surface area contributed by atoms with Crippen molar-refractivity contribution in [1.29, 1.82) is 0 Å². The molecular formula is C25H41NaO4. The quantitative estimate of drug-likeness (QED) is 0.635. The number of carbonyl (C=O) groups is 1. The van der Waals surface area contributed by atoms with E-state index in [-0.39, 0.29) is 52.6 Å². The molecule has 166 valence electrons. The third kappa shape index (κ3) is 3.95. The van der Waals surface area contributed by atoms with Gasteiger partial charge in [0.05, 0.1) is 12.2 Å². The van der Waals surface area contributed by atoms with Crippen molar-refractivity contribution in [3.63, 3.8) is 0 Å². The zero-order valence-electron chi connectivity index (χ0n) is 19.8. The van der Waals surface area contributed by atoms with Crippen LogP contribution in [-0.2, 0) is 4.79 Å². The predicted molar refractivity (Wildman–Crippen MR) is 111 cm³/mol. The van der Waals surface area contributed by atoms with Gasteiger partial charge >= 0.3 is 29.6 Å². The van der Waals surface area contributed by atoms with E-state index in [4.69, 9.17) is 0 Å². The van der Waals surface area contributed by atoms with Crippen LogP contribution in [0.5, 0.6) is 0 Å². The Morgan fingerprint density at radius 1 is 1.00 bits per heavy atom. The standard InChI is InChI=1S/C25H42O4.Na/c1-14(11-15(2)23(28)29)18-5-6-19-22-20(8-10-25(18,19)4)24(3)9-7-17(26)12-16(24)13-21(22)27;/h14-22,26-27H,5-13H2,1-4H3,(H,28,29);/q;+1/p-1/t14-,15?,16+,17-,18-,19+,20+,21+,22+,24+,25-;/m1./s1. The minimum Gasteiger partial charge on any atom is -0.550 e. The van der Waals surface area contributed by atoms with Gasteiger partial charge < -0.3 is 20.1 Å². The number of aliphatic hydroxyl groups excluding tert-OH is 2. The van der Waals surface area contributed by atoms with Crippen LogP contribution in [0.25, 0.3) is 0 Å².